The van der Waals surface area contributed by atoms with Crippen LogP contribution in [-0.4, -0.2) is 42.7 Å². The molecule has 0 N–H and O–H groups in total. The van der Waals surface area contributed by atoms with Gasteiger partial charge in [0.25, 0.3) is 0 Å². The molecule has 0 radical (unpaired) electrons. The van der Waals surface area contributed by atoms with E-state index in [1.807, 2.05) is 37.3 Å². The van der Waals surface area contributed by atoms with Gasteiger partial charge in [-0.1, -0.05) is 36.4 Å². The highest BCUT2D eigenvalue weighted by Gasteiger charge is 2.75. The van der Waals surface area contributed by atoms with Gasteiger partial charge in [0.15, 0.2) is 11.5 Å². The van der Waals surface area contributed by atoms with Crippen molar-refractivity contribution in [2.75, 3.05) is 13.2 Å². The van der Waals surface area contributed by atoms with Crippen LogP contribution in [0.2, 0.25) is 0 Å². The lowest BCUT2D eigenvalue weighted by molar-refractivity contribution is -0.179. The van der Waals surface area contributed by atoms with E-state index in [2.05, 4.69) is 6.58 Å². The number of nitrogens with zero attached hydrogens (tertiary/aromatic N) is 1. The third-order valence-electron chi connectivity index (χ3n) is 5.24. The van der Waals surface area contributed by atoms with Crippen molar-refractivity contribution in [3.63, 3.8) is 0 Å². The molecule has 27 heavy (non-hydrogen) atoms. The van der Waals surface area contributed by atoms with Gasteiger partial charge in [-0.2, -0.15) is 0 Å². The van der Waals surface area contributed by atoms with Gasteiger partial charge in [-0.05, 0) is 25.8 Å². The Morgan fingerprint density at radius 1 is 1.26 bits per heavy atom. The number of carbonyl (C=O) groups is 2. The van der Waals surface area contributed by atoms with E-state index in [9.17, 15) is 9.59 Å². The molecule has 6 nitrogen and oxygen atoms in total. The first kappa shape index (κ1) is 19.3. The summed E-state index contributed by atoms with van der Waals surface area (Å²) in [7, 11) is 0. The monoisotopic (exact) mass is 371 g/mol. The molecular formula is C21H25NO5. The van der Waals surface area contributed by atoms with E-state index < -0.39 is 29.2 Å². The largest absolute Gasteiger partial charge is 0.465 e. The van der Waals surface area contributed by atoms with Crippen LogP contribution in [0.5, 0.6) is 0 Å². The van der Waals surface area contributed by atoms with E-state index in [1.54, 1.807) is 13.0 Å². The minimum atomic E-state index is -1.23. The average molecular weight is 371 g/mol. The molecule has 144 valence electrons. The molecule has 0 unspecified atom stereocenters. The van der Waals surface area contributed by atoms with Crippen LogP contribution in [0.4, 0.5) is 0 Å². The summed E-state index contributed by atoms with van der Waals surface area (Å²) in [5.74, 6) is -1.23. The smallest absolute Gasteiger partial charge is 0.322 e. The van der Waals surface area contributed by atoms with E-state index in [0.29, 0.717) is 18.7 Å². The van der Waals surface area contributed by atoms with E-state index in [-0.39, 0.29) is 12.5 Å². The normalized spacial score (nSPS) is 31.3. The molecule has 6 heteroatoms. The molecule has 3 rings (SSSR count). The number of hydrogen-bond acceptors (Lipinski definition) is 6. The van der Waals surface area contributed by atoms with Gasteiger partial charge >= 0.3 is 11.9 Å². The first-order valence-corrected chi connectivity index (χ1v) is 9.23. The van der Waals surface area contributed by atoms with Crippen molar-refractivity contribution in [2.45, 2.75) is 39.0 Å². The van der Waals surface area contributed by atoms with Gasteiger partial charge in [0, 0.05) is 19.4 Å². The summed E-state index contributed by atoms with van der Waals surface area (Å²) in [5, 5.41) is 0. The number of esters is 2. The number of fused-ring (bicyclic) bond motifs is 2. The van der Waals surface area contributed by atoms with Gasteiger partial charge in [0.05, 0.1) is 12.3 Å². The Morgan fingerprint density at radius 2 is 1.96 bits per heavy atom. The molecule has 2 bridgehead atoms. The molecule has 0 aromatic heterocycles. The minimum Gasteiger partial charge on any atom is -0.465 e. The number of hydrogen-bond donors (Lipinski definition) is 0. The fourth-order valence-corrected chi connectivity index (χ4v) is 4.30. The fraction of sp³-hybridized carbons (Fsp3) is 0.476. The Bertz CT molecular complexity index is 774. The van der Waals surface area contributed by atoms with E-state index in [0.717, 1.165) is 5.56 Å². The van der Waals surface area contributed by atoms with Gasteiger partial charge in [-0.25, -0.2) is 4.99 Å². The zero-order valence-electron chi connectivity index (χ0n) is 15.9. The maximum Gasteiger partial charge on any atom is 0.322 e. The summed E-state index contributed by atoms with van der Waals surface area (Å²) in [6, 6.07) is 9.41. The standard InChI is InChI=1S/C21H25NO5/c1-5-16-13-20(19(24)25-6-2)17(15-11-9-8-10-12-15)22-21(16,26-7-3)18(20)27-14(4)23/h5,8-12,16,18H,1,6-7,13H2,2-4H3/t16-,18+,20+,21+/m1/s1. The molecule has 1 aromatic rings. The predicted octanol–water partition coefficient (Wildman–Crippen LogP) is 2.91. The number of rotatable bonds is 7. The van der Waals surface area contributed by atoms with Crippen LogP contribution < -0.4 is 0 Å². The second-order valence-corrected chi connectivity index (χ2v) is 6.74. The third kappa shape index (κ3) is 2.79. The first-order valence-electron chi connectivity index (χ1n) is 9.23. The molecule has 4 atom stereocenters. The van der Waals surface area contributed by atoms with Crippen LogP contribution in [0.15, 0.2) is 48.0 Å². The van der Waals surface area contributed by atoms with Gasteiger partial charge in [-0.3, -0.25) is 9.59 Å². The van der Waals surface area contributed by atoms with Crippen LogP contribution in [-0.2, 0) is 23.8 Å². The lowest BCUT2D eigenvalue weighted by Crippen LogP contribution is -2.50. The fourth-order valence-electron chi connectivity index (χ4n) is 4.30. The second-order valence-electron chi connectivity index (χ2n) is 6.74. The zero-order valence-corrected chi connectivity index (χ0v) is 15.9. The summed E-state index contributed by atoms with van der Waals surface area (Å²) >= 11 is 0. The first-order chi connectivity index (χ1) is 13.0. The molecule has 1 aliphatic carbocycles. The van der Waals surface area contributed by atoms with Crippen LogP contribution >= 0.6 is 0 Å². The van der Waals surface area contributed by atoms with Crippen LogP contribution in [0.3, 0.4) is 0 Å². The maximum atomic E-state index is 13.2. The second kappa shape index (κ2) is 7.27. The number of ether oxygens (including phenoxy) is 3. The molecule has 0 spiro atoms. The molecule has 1 heterocycles. The lowest BCUT2D eigenvalue weighted by atomic mass is 9.76. The zero-order chi connectivity index (χ0) is 19.7. The summed E-state index contributed by atoms with van der Waals surface area (Å²) in [6.45, 7) is 9.38. The van der Waals surface area contributed by atoms with Gasteiger partial charge in [0.2, 0.25) is 5.72 Å². The highest BCUT2D eigenvalue weighted by atomic mass is 16.6. The number of carbonyl (C=O) groups excluding carboxylic acids is 2. The van der Waals surface area contributed by atoms with Crippen LogP contribution in [0, 0.1) is 11.3 Å². The molecule has 1 aliphatic heterocycles. The topological polar surface area (TPSA) is 74.2 Å². The van der Waals surface area contributed by atoms with Crippen LogP contribution in [0.25, 0.3) is 0 Å². The van der Waals surface area contributed by atoms with E-state index in [4.69, 9.17) is 19.2 Å². The molecule has 0 amide bonds. The van der Waals surface area contributed by atoms with Crippen molar-refractivity contribution in [1.29, 1.82) is 0 Å². The van der Waals surface area contributed by atoms with Crippen LogP contribution in [0.1, 0.15) is 32.8 Å². The van der Waals surface area contributed by atoms with E-state index in [1.165, 1.54) is 6.92 Å². The molecule has 1 fully saturated rings. The Labute approximate surface area is 159 Å². The van der Waals surface area contributed by atoms with Gasteiger partial charge < -0.3 is 14.2 Å². The Hall–Kier alpha value is -2.47. The number of aliphatic imine (C=N–C) groups is 1. The Morgan fingerprint density at radius 3 is 2.52 bits per heavy atom. The Kier molecular flexibility index (Phi) is 5.20. The number of benzene rings is 1. The summed E-state index contributed by atoms with van der Waals surface area (Å²) in [4.78, 5) is 30.0. The SMILES string of the molecule is C=C[C@@H]1C[C@]2(C(=O)OCC)C(c3ccccc3)=N[C@@]1(OCC)[C@H]2OC(C)=O. The molecule has 1 aromatic carbocycles. The van der Waals surface area contributed by atoms with Crippen molar-refractivity contribution >= 4 is 17.7 Å². The maximum absolute atomic E-state index is 13.2. The minimum absolute atomic E-state index is 0.218. The predicted molar refractivity (Wildman–Crippen MR) is 100 cm³/mol. The molecule has 0 saturated heterocycles. The van der Waals surface area contributed by atoms with Crippen molar-refractivity contribution in [1.82, 2.24) is 0 Å². The average Bonchev–Trinajstić information content (AvgIpc) is 3.07. The molecule has 2 aliphatic rings. The van der Waals surface area contributed by atoms with Crippen molar-refractivity contribution in [3.05, 3.63) is 48.6 Å². The summed E-state index contributed by atoms with van der Waals surface area (Å²) in [5.41, 5.74) is -1.08. The summed E-state index contributed by atoms with van der Waals surface area (Å²) in [6.07, 6.45) is 1.18. The van der Waals surface area contributed by atoms with E-state index >= 15 is 0 Å². The van der Waals surface area contributed by atoms with Crippen molar-refractivity contribution < 1.29 is 23.8 Å². The van der Waals surface area contributed by atoms with Crippen molar-refractivity contribution in [3.8, 4) is 0 Å². The van der Waals surface area contributed by atoms with Gasteiger partial charge in [-0.15, -0.1) is 6.58 Å². The molecule has 1 saturated carbocycles. The Balaban J connectivity index is 2.25. The van der Waals surface area contributed by atoms with Crippen molar-refractivity contribution in [2.24, 2.45) is 16.3 Å². The summed E-state index contributed by atoms with van der Waals surface area (Å²) < 4.78 is 17.2. The lowest BCUT2D eigenvalue weighted by Gasteiger charge is -2.32. The highest BCUT2D eigenvalue weighted by Crippen LogP contribution is 2.60. The molecular weight excluding hydrogens is 346 g/mol. The highest BCUT2D eigenvalue weighted by molar-refractivity contribution is 6.18. The van der Waals surface area contributed by atoms with Gasteiger partial charge in [0.1, 0.15) is 0 Å². The quantitative estimate of drug-likeness (QED) is 0.544. The third-order valence-corrected chi connectivity index (χ3v) is 5.24.